The molecule has 0 radical (unpaired) electrons. The Kier molecular flexibility index (Phi) is 6.20. The van der Waals surface area contributed by atoms with Crippen LogP contribution in [0.1, 0.15) is 31.4 Å². The average molecular weight is 303 g/mol. The van der Waals surface area contributed by atoms with E-state index in [0.29, 0.717) is 18.5 Å². The van der Waals surface area contributed by atoms with Crippen molar-refractivity contribution in [2.45, 2.75) is 39.0 Å². The van der Waals surface area contributed by atoms with Gasteiger partial charge in [0.05, 0.1) is 18.1 Å². The molecule has 0 spiro atoms. The number of aliphatic hydroxyl groups excluding tert-OH is 1. The molecule has 1 atom stereocenters. The summed E-state index contributed by atoms with van der Waals surface area (Å²) in [7, 11) is 0. The molecule has 1 aromatic rings. The third-order valence-electron chi connectivity index (χ3n) is 3.15. The lowest BCUT2D eigenvalue weighted by molar-refractivity contribution is -0.137. The maximum atomic E-state index is 12.5. The molecule has 0 fully saturated rings. The summed E-state index contributed by atoms with van der Waals surface area (Å²) in [5.41, 5.74) is -0.449. The van der Waals surface area contributed by atoms with Crippen molar-refractivity contribution in [2.24, 2.45) is 5.92 Å². The van der Waals surface area contributed by atoms with E-state index >= 15 is 0 Å². The van der Waals surface area contributed by atoms with E-state index in [0.717, 1.165) is 12.1 Å². The number of nitrogens with one attached hydrogen (secondary N) is 1. The summed E-state index contributed by atoms with van der Waals surface area (Å²) < 4.78 is 37.6. The van der Waals surface area contributed by atoms with E-state index in [9.17, 15) is 23.1 Å². The lowest BCUT2D eigenvalue weighted by Gasteiger charge is -2.14. The Labute approximate surface area is 122 Å². The smallest absolute Gasteiger partial charge is 0.393 e. The Balaban J connectivity index is 2.48. The van der Waals surface area contributed by atoms with Gasteiger partial charge >= 0.3 is 6.18 Å². The summed E-state index contributed by atoms with van der Waals surface area (Å²) in [5.74, 6) is -0.254. The summed E-state index contributed by atoms with van der Waals surface area (Å²) >= 11 is 0. The van der Waals surface area contributed by atoms with Crippen molar-refractivity contribution in [1.82, 2.24) is 5.32 Å². The first-order valence-corrected chi connectivity index (χ1v) is 6.81. The predicted molar refractivity (Wildman–Crippen MR) is 73.6 cm³/mol. The van der Waals surface area contributed by atoms with E-state index < -0.39 is 17.8 Å². The highest BCUT2D eigenvalue weighted by molar-refractivity contribution is 5.78. The first-order chi connectivity index (χ1) is 9.70. The van der Waals surface area contributed by atoms with E-state index in [-0.39, 0.29) is 18.2 Å². The lowest BCUT2D eigenvalue weighted by Crippen LogP contribution is -2.29. The molecule has 3 nitrogen and oxygen atoms in total. The van der Waals surface area contributed by atoms with E-state index in [4.69, 9.17) is 0 Å². The van der Waals surface area contributed by atoms with E-state index in [1.165, 1.54) is 12.1 Å². The number of halogens is 3. The van der Waals surface area contributed by atoms with Gasteiger partial charge in [0.1, 0.15) is 0 Å². The third kappa shape index (κ3) is 6.16. The summed E-state index contributed by atoms with van der Waals surface area (Å²) in [5, 5.41) is 12.2. The fourth-order valence-corrected chi connectivity index (χ4v) is 1.80. The Bertz CT molecular complexity index is 472. The molecule has 0 aromatic heterocycles. The number of aliphatic hydroxyl groups is 1. The fourth-order valence-electron chi connectivity index (χ4n) is 1.80. The van der Waals surface area contributed by atoms with Gasteiger partial charge in [-0.2, -0.15) is 13.2 Å². The molecule has 0 saturated heterocycles. The molecule has 1 aromatic carbocycles. The van der Waals surface area contributed by atoms with Crippen LogP contribution < -0.4 is 5.32 Å². The highest BCUT2D eigenvalue weighted by Gasteiger charge is 2.30. The van der Waals surface area contributed by atoms with Crippen molar-refractivity contribution in [3.63, 3.8) is 0 Å². The molecular weight excluding hydrogens is 283 g/mol. The number of carbonyl (C=O) groups is 1. The Hall–Kier alpha value is -1.56. The second kappa shape index (κ2) is 7.45. The highest BCUT2D eigenvalue weighted by atomic mass is 19.4. The Morgan fingerprint density at radius 1 is 1.33 bits per heavy atom. The highest BCUT2D eigenvalue weighted by Crippen LogP contribution is 2.29. The molecule has 118 valence electrons. The van der Waals surface area contributed by atoms with Crippen molar-refractivity contribution in [3.05, 3.63) is 35.4 Å². The molecule has 0 saturated carbocycles. The SMILES string of the molecule is CC(C)C(O)CCNC(=O)Cc1cccc(C(F)(F)F)c1. The summed E-state index contributed by atoms with van der Waals surface area (Å²) in [6, 6.07) is 4.72. The second-order valence-electron chi connectivity index (χ2n) is 5.32. The topological polar surface area (TPSA) is 49.3 Å². The maximum Gasteiger partial charge on any atom is 0.416 e. The minimum Gasteiger partial charge on any atom is -0.393 e. The molecular formula is C15H20F3NO2. The van der Waals surface area contributed by atoms with Gasteiger partial charge in [-0.3, -0.25) is 4.79 Å². The minimum atomic E-state index is -4.41. The molecule has 6 heteroatoms. The van der Waals surface area contributed by atoms with Gasteiger partial charge in [0.25, 0.3) is 0 Å². The van der Waals surface area contributed by atoms with Crippen molar-refractivity contribution in [1.29, 1.82) is 0 Å². The van der Waals surface area contributed by atoms with Crippen LogP contribution >= 0.6 is 0 Å². The van der Waals surface area contributed by atoms with Crippen molar-refractivity contribution in [3.8, 4) is 0 Å². The number of hydrogen-bond donors (Lipinski definition) is 2. The van der Waals surface area contributed by atoms with Crippen molar-refractivity contribution in [2.75, 3.05) is 6.54 Å². The van der Waals surface area contributed by atoms with Crippen LogP contribution in [0.25, 0.3) is 0 Å². The molecule has 0 bridgehead atoms. The Morgan fingerprint density at radius 2 is 2.00 bits per heavy atom. The molecule has 0 aliphatic rings. The van der Waals surface area contributed by atoms with Crippen LogP contribution in [-0.4, -0.2) is 23.7 Å². The van der Waals surface area contributed by atoms with Crippen LogP contribution in [-0.2, 0) is 17.4 Å². The zero-order valence-corrected chi connectivity index (χ0v) is 12.1. The van der Waals surface area contributed by atoms with E-state index in [2.05, 4.69) is 5.32 Å². The predicted octanol–water partition coefficient (Wildman–Crippen LogP) is 2.77. The van der Waals surface area contributed by atoms with Crippen molar-refractivity contribution >= 4 is 5.91 Å². The van der Waals surface area contributed by atoms with E-state index in [1.54, 1.807) is 0 Å². The number of carbonyl (C=O) groups excluding carboxylic acids is 1. The number of hydrogen-bond acceptors (Lipinski definition) is 2. The maximum absolute atomic E-state index is 12.5. The zero-order chi connectivity index (χ0) is 16.0. The molecule has 21 heavy (non-hydrogen) atoms. The number of amides is 1. The third-order valence-corrected chi connectivity index (χ3v) is 3.15. The first kappa shape index (κ1) is 17.5. The molecule has 0 heterocycles. The van der Waals surface area contributed by atoms with E-state index in [1.807, 2.05) is 13.8 Å². The number of alkyl halides is 3. The summed E-state index contributed by atoms with van der Waals surface area (Å²) in [4.78, 5) is 11.7. The quantitative estimate of drug-likeness (QED) is 0.849. The van der Waals surface area contributed by atoms with Crippen LogP contribution in [0.3, 0.4) is 0 Å². The molecule has 1 rings (SSSR count). The number of rotatable bonds is 6. The number of benzene rings is 1. The zero-order valence-electron chi connectivity index (χ0n) is 12.1. The van der Waals surface area contributed by atoms with Crippen LogP contribution in [0, 0.1) is 5.92 Å². The van der Waals surface area contributed by atoms with Crippen LogP contribution in [0.4, 0.5) is 13.2 Å². The van der Waals surface area contributed by atoms with Gasteiger partial charge in [-0.25, -0.2) is 0 Å². The summed E-state index contributed by atoms with van der Waals surface area (Å²) in [6.45, 7) is 4.04. The first-order valence-electron chi connectivity index (χ1n) is 6.81. The van der Waals surface area contributed by atoms with Crippen molar-refractivity contribution < 1.29 is 23.1 Å². The van der Waals surface area contributed by atoms with Crippen LogP contribution in [0.5, 0.6) is 0 Å². The van der Waals surface area contributed by atoms with Gasteiger partial charge < -0.3 is 10.4 Å². The van der Waals surface area contributed by atoms with Gasteiger partial charge in [-0.1, -0.05) is 32.0 Å². The minimum absolute atomic E-state index is 0.102. The molecule has 2 N–H and O–H groups in total. The van der Waals surface area contributed by atoms with Crippen LogP contribution in [0.2, 0.25) is 0 Å². The molecule has 1 amide bonds. The second-order valence-corrected chi connectivity index (χ2v) is 5.32. The van der Waals surface area contributed by atoms with Gasteiger partial charge in [0.15, 0.2) is 0 Å². The monoisotopic (exact) mass is 303 g/mol. The fraction of sp³-hybridized carbons (Fsp3) is 0.533. The largest absolute Gasteiger partial charge is 0.416 e. The lowest BCUT2D eigenvalue weighted by atomic mass is 10.0. The normalized spacial score (nSPS) is 13.3. The molecule has 0 aliphatic carbocycles. The standard InChI is InChI=1S/C15H20F3NO2/c1-10(2)13(20)6-7-19-14(21)9-11-4-3-5-12(8-11)15(16,17)18/h3-5,8,10,13,20H,6-7,9H2,1-2H3,(H,19,21). The molecule has 1 unspecified atom stereocenters. The molecule has 0 aliphatic heterocycles. The van der Waals surface area contributed by atoms with Gasteiger partial charge in [0, 0.05) is 6.54 Å². The van der Waals surface area contributed by atoms with Gasteiger partial charge in [0.2, 0.25) is 5.91 Å². The summed E-state index contributed by atoms with van der Waals surface area (Å²) in [6.07, 6.45) is -4.60. The van der Waals surface area contributed by atoms with Gasteiger partial charge in [-0.05, 0) is 24.0 Å². The Morgan fingerprint density at radius 3 is 2.57 bits per heavy atom. The van der Waals surface area contributed by atoms with Gasteiger partial charge in [-0.15, -0.1) is 0 Å². The average Bonchev–Trinajstić information content (AvgIpc) is 2.37. The van der Waals surface area contributed by atoms with Crippen LogP contribution in [0.15, 0.2) is 24.3 Å².